The summed E-state index contributed by atoms with van der Waals surface area (Å²) in [5.41, 5.74) is 10.1. The van der Waals surface area contributed by atoms with Crippen LogP contribution < -0.4 is 4.90 Å². The molecule has 11 nitrogen and oxygen atoms in total. The number of tetrazole rings is 1. The first-order chi connectivity index (χ1) is 14.0. The number of carbonyl (C=O) groups excluding carboxylic acids is 1. The minimum absolute atomic E-state index is 0.0258. The van der Waals surface area contributed by atoms with E-state index in [1.165, 1.54) is 22.0 Å². The molecular formula is C17H14FN9O2. The third kappa shape index (κ3) is 3.69. The summed E-state index contributed by atoms with van der Waals surface area (Å²) in [7, 11) is 1.65. The van der Waals surface area contributed by atoms with Gasteiger partial charge in [-0.2, -0.15) is 4.80 Å². The lowest BCUT2D eigenvalue weighted by atomic mass is 10.1. The number of nitrogens with zero attached hydrogens (tertiary/aromatic N) is 9. The van der Waals surface area contributed by atoms with E-state index in [9.17, 15) is 9.18 Å². The van der Waals surface area contributed by atoms with Crippen LogP contribution in [0.15, 0.2) is 41.6 Å². The lowest BCUT2D eigenvalue weighted by Crippen LogP contribution is -2.25. The lowest BCUT2D eigenvalue weighted by molar-refractivity contribution is 0.145. The number of aryl methyl sites for hydroxylation is 1. The number of azide groups is 1. The van der Waals surface area contributed by atoms with Crippen LogP contribution >= 0.6 is 0 Å². The molecule has 0 radical (unpaired) electrons. The first kappa shape index (κ1) is 18.3. The Balaban J connectivity index is 1.54. The van der Waals surface area contributed by atoms with Gasteiger partial charge in [0.2, 0.25) is 5.82 Å². The highest BCUT2D eigenvalue weighted by molar-refractivity contribution is 5.90. The van der Waals surface area contributed by atoms with Crippen molar-refractivity contribution >= 4 is 11.8 Å². The molecule has 1 aliphatic heterocycles. The smallest absolute Gasteiger partial charge is 0.414 e. The summed E-state index contributed by atoms with van der Waals surface area (Å²) in [5, 5.41) is 15.1. The van der Waals surface area contributed by atoms with Crippen molar-refractivity contribution in [3.63, 3.8) is 0 Å². The summed E-state index contributed by atoms with van der Waals surface area (Å²) in [4.78, 5) is 21.5. The Morgan fingerprint density at radius 3 is 2.90 bits per heavy atom. The first-order valence-electron chi connectivity index (χ1n) is 8.54. The molecule has 1 amide bonds. The number of halogens is 1. The van der Waals surface area contributed by atoms with E-state index in [1.54, 1.807) is 31.3 Å². The van der Waals surface area contributed by atoms with Crippen molar-refractivity contribution in [2.45, 2.75) is 6.10 Å². The molecule has 0 spiro atoms. The average molecular weight is 395 g/mol. The Kier molecular flexibility index (Phi) is 4.75. The SMILES string of the molecule is Cn1nnc(-c2ccc(-c3ccc(N4C[C@H](CN=[N+]=[N-])OC4=O)cc3F)cn2)n1. The minimum Gasteiger partial charge on any atom is -0.444 e. The van der Waals surface area contributed by atoms with Crippen LogP contribution in [0.3, 0.4) is 0 Å². The molecule has 0 N–H and O–H groups in total. The number of hydrogen-bond donors (Lipinski definition) is 0. The fourth-order valence-electron chi connectivity index (χ4n) is 2.93. The van der Waals surface area contributed by atoms with E-state index in [0.29, 0.717) is 28.3 Å². The molecule has 0 unspecified atom stereocenters. The molecule has 1 aliphatic rings. The molecule has 146 valence electrons. The van der Waals surface area contributed by atoms with Crippen LogP contribution in [0, 0.1) is 5.82 Å². The predicted octanol–water partition coefficient (Wildman–Crippen LogP) is 2.71. The molecule has 12 heteroatoms. The maximum Gasteiger partial charge on any atom is 0.414 e. The van der Waals surface area contributed by atoms with Gasteiger partial charge in [0, 0.05) is 22.2 Å². The van der Waals surface area contributed by atoms with Gasteiger partial charge in [-0.25, -0.2) is 9.18 Å². The van der Waals surface area contributed by atoms with Gasteiger partial charge >= 0.3 is 6.09 Å². The highest BCUT2D eigenvalue weighted by Gasteiger charge is 2.32. The van der Waals surface area contributed by atoms with Gasteiger partial charge in [-0.15, -0.1) is 10.2 Å². The van der Waals surface area contributed by atoms with Crippen LogP contribution in [0.2, 0.25) is 0 Å². The van der Waals surface area contributed by atoms with Gasteiger partial charge < -0.3 is 4.74 Å². The molecule has 1 aromatic carbocycles. The van der Waals surface area contributed by atoms with E-state index in [-0.39, 0.29) is 13.1 Å². The van der Waals surface area contributed by atoms with Crippen LogP contribution in [0.25, 0.3) is 33.1 Å². The lowest BCUT2D eigenvalue weighted by Gasteiger charge is -2.14. The Labute approximate surface area is 163 Å². The summed E-state index contributed by atoms with van der Waals surface area (Å²) in [6, 6.07) is 7.82. The first-order valence-corrected chi connectivity index (χ1v) is 8.54. The van der Waals surface area contributed by atoms with Crippen molar-refractivity contribution in [1.82, 2.24) is 25.2 Å². The zero-order chi connectivity index (χ0) is 20.4. The van der Waals surface area contributed by atoms with E-state index in [1.807, 2.05) is 0 Å². The number of pyridine rings is 1. The number of hydrogen-bond acceptors (Lipinski definition) is 7. The van der Waals surface area contributed by atoms with Crippen LogP contribution in [0.4, 0.5) is 14.9 Å². The number of carbonyl (C=O) groups is 1. The fourth-order valence-corrected chi connectivity index (χ4v) is 2.93. The van der Waals surface area contributed by atoms with Crippen LogP contribution in [0.1, 0.15) is 0 Å². The third-order valence-corrected chi connectivity index (χ3v) is 4.30. The molecule has 1 fully saturated rings. The average Bonchev–Trinajstić information content (AvgIpc) is 3.32. The molecule has 4 rings (SSSR count). The van der Waals surface area contributed by atoms with Gasteiger partial charge in [-0.1, -0.05) is 11.2 Å². The summed E-state index contributed by atoms with van der Waals surface area (Å²) in [6.45, 7) is 0.204. The Morgan fingerprint density at radius 1 is 1.38 bits per heavy atom. The number of rotatable bonds is 5. The summed E-state index contributed by atoms with van der Waals surface area (Å²) >= 11 is 0. The second-order valence-electron chi connectivity index (χ2n) is 6.23. The summed E-state index contributed by atoms with van der Waals surface area (Å²) in [6.07, 6.45) is 0.342. The number of aromatic nitrogens is 5. The zero-order valence-electron chi connectivity index (χ0n) is 15.2. The summed E-state index contributed by atoms with van der Waals surface area (Å²) < 4.78 is 19.8. The number of anilines is 1. The molecule has 2 aromatic heterocycles. The molecule has 0 saturated carbocycles. The summed E-state index contributed by atoms with van der Waals surface area (Å²) in [5.74, 6) is -0.140. The van der Waals surface area contributed by atoms with E-state index in [2.05, 4.69) is 30.4 Å². The molecule has 3 heterocycles. The van der Waals surface area contributed by atoms with Gasteiger partial charge in [-0.05, 0) is 35.0 Å². The molecule has 3 aromatic rings. The minimum atomic E-state index is -0.613. The van der Waals surface area contributed by atoms with Crippen molar-refractivity contribution < 1.29 is 13.9 Å². The monoisotopic (exact) mass is 395 g/mol. The number of ether oxygens (including phenoxy) is 1. The van der Waals surface area contributed by atoms with E-state index < -0.39 is 18.0 Å². The van der Waals surface area contributed by atoms with E-state index in [4.69, 9.17) is 10.3 Å². The van der Waals surface area contributed by atoms with Crippen LogP contribution in [-0.4, -0.2) is 50.5 Å². The second kappa shape index (κ2) is 7.52. The highest BCUT2D eigenvalue weighted by atomic mass is 19.1. The molecule has 29 heavy (non-hydrogen) atoms. The van der Waals surface area contributed by atoms with Gasteiger partial charge in [0.15, 0.2) is 0 Å². The van der Waals surface area contributed by atoms with Crippen LogP contribution in [0.5, 0.6) is 0 Å². The number of benzene rings is 1. The maximum absolute atomic E-state index is 14.7. The molecule has 0 bridgehead atoms. The van der Waals surface area contributed by atoms with Gasteiger partial charge in [-0.3, -0.25) is 9.88 Å². The topological polar surface area (TPSA) is 135 Å². The molecule has 1 saturated heterocycles. The molecule has 0 aliphatic carbocycles. The zero-order valence-corrected chi connectivity index (χ0v) is 15.2. The second-order valence-corrected chi connectivity index (χ2v) is 6.23. The van der Waals surface area contributed by atoms with Crippen LogP contribution in [-0.2, 0) is 11.8 Å². The maximum atomic E-state index is 14.7. The van der Waals surface area contributed by atoms with Gasteiger partial charge in [0.1, 0.15) is 17.6 Å². The van der Waals surface area contributed by atoms with Crippen molar-refractivity contribution in [2.24, 2.45) is 12.2 Å². The molecular weight excluding hydrogens is 381 g/mol. The van der Waals surface area contributed by atoms with Crippen molar-refractivity contribution in [1.29, 1.82) is 0 Å². The quantitative estimate of drug-likeness (QED) is 0.370. The normalized spacial score (nSPS) is 15.9. The Morgan fingerprint density at radius 2 is 2.24 bits per heavy atom. The highest BCUT2D eigenvalue weighted by Crippen LogP contribution is 2.29. The van der Waals surface area contributed by atoms with Gasteiger partial charge in [0.25, 0.3) is 0 Å². The Hall–Kier alpha value is -4.05. The molecule has 1 atom stereocenters. The van der Waals surface area contributed by atoms with Crippen molar-refractivity contribution in [2.75, 3.05) is 18.0 Å². The van der Waals surface area contributed by atoms with Crippen molar-refractivity contribution in [3.05, 3.63) is 52.8 Å². The fraction of sp³-hybridized carbons (Fsp3) is 0.235. The van der Waals surface area contributed by atoms with E-state index in [0.717, 1.165) is 0 Å². The number of amides is 1. The Bertz CT molecular complexity index is 1110. The third-order valence-electron chi connectivity index (χ3n) is 4.30. The predicted molar refractivity (Wildman–Crippen MR) is 99.1 cm³/mol. The largest absolute Gasteiger partial charge is 0.444 e. The van der Waals surface area contributed by atoms with Gasteiger partial charge in [0.05, 0.1) is 25.8 Å². The van der Waals surface area contributed by atoms with Crippen molar-refractivity contribution in [3.8, 4) is 22.6 Å². The number of cyclic esters (lactones) is 1. The van der Waals surface area contributed by atoms with E-state index >= 15 is 0 Å². The standard InChI is InChI=1S/C17H14FN9O2/c1-26-23-16(22-25-26)15-5-2-10(7-20-15)13-4-3-11(6-14(13)18)27-9-12(8-21-24-19)29-17(27)28/h2-7,12H,8-9H2,1H3/t12-/m0/s1.